The van der Waals surface area contributed by atoms with Crippen molar-refractivity contribution < 1.29 is 0 Å². The second-order valence-corrected chi connectivity index (χ2v) is 3.56. The van der Waals surface area contributed by atoms with Crippen LogP contribution in [-0.4, -0.2) is 19.1 Å². The predicted octanol–water partition coefficient (Wildman–Crippen LogP) is 1.40. The minimum absolute atomic E-state index is 0.590. The van der Waals surface area contributed by atoms with Gasteiger partial charge in [0.05, 0.1) is 6.04 Å². The first-order valence-electron chi connectivity index (χ1n) is 4.90. The second kappa shape index (κ2) is 3.38. The van der Waals surface area contributed by atoms with E-state index in [1.807, 2.05) is 0 Å². The molecule has 70 valence electrons. The molecule has 1 unspecified atom stereocenters. The maximum atomic E-state index is 5.58. The highest BCUT2D eigenvalue weighted by Gasteiger charge is 2.32. The highest BCUT2D eigenvalue weighted by Crippen LogP contribution is 2.26. The van der Waals surface area contributed by atoms with Crippen molar-refractivity contribution in [2.24, 2.45) is 5.73 Å². The van der Waals surface area contributed by atoms with Gasteiger partial charge in [-0.2, -0.15) is 0 Å². The molecule has 1 aromatic carbocycles. The van der Waals surface area contributed by atoms with Crippen molar-refractivity contribution >= 4 is 5.69 Å². The van der Waals surface area contributed by atoms with Gasteiger partial charge >= 0.3 is 0 Å². The van der Waals surface area contributed by atoms with Gasteiger partial charge in [0.2, 0.25) is 0 Å². The Kier molecular flexibility index (Phi) is 2.23. The fraction of sp³-hybridized carbons (Fsp3) is 0.455. The van der Waals surface area contributed by atoms with Crippen LogP contribution in [0.3, 0.4) is 0 Å². The van der Waals surface area contributed by atoms with Crippen molar-refractivity contribution in [3.05, 3.63) is 29.8 Å². The zero-order valence-corrected chi connectivity index (χ0v) is 8.03. The Hall–Kier alpha value is -1.02. The number of benzene rings is 1. The van der Waals surface area contributed by atoms with Gasteiger partial charge in [0.15, 0.2) is 0 Å². The van der Waals surface area contributed by atoms with Crippen LogP contribution in [0, 0.1) is 0 Å². The molecule has 2 nitrogen and oxygen atoms in total. The maximum Gasteiger partial charge on any atom is 0.0588 e. The lowest BCUT2D eigenvalue weighted by atomic mass is 10.1. The third-order valence-corrected chi connectivity index (χ3v) is 2.66. The smallest absolute Gasteiger partial charge is 0.0588 e. The first-order chi connectivity index (χ1) is 6.35. The zero-order valence-electron chi connectivity index (χ0n) is 8.03. The Morgan fingerprint density at radius 3 is 2.54 bits per heavy atom. The monoisotopic (exact) mass is 176 g/mol. The van der Waals surface area contributed by atoms with Gasteiger partial charge in [0.25, 0.3) is 0 Å². The zero-order chi connectivity index (χ0) is 9.26. The molecule has 1 atom stereocenters. The Morgan fingerprint density at radius 2 is 2.08 bits per heavy atom. The summed E-state index contributed by atoms with van der Waals surface area (Å²) in [6, 6.07) is 9.36. The standard InChI is InChI=1S/C11H16N2/c1-2-9-3-5-10(6-4-9)13-8-11(13)7-12/h3-6,11H,2,7-8,12H2,1H3. The van der Waals surface area contributed by atoms with Crippen molar-refractivity contribution in [3.63, 3.8) is 0 Å². The molecule has 1 heterocycles. The fourth-order valence-electron chi connectivity index (χ4n) is 1.62. The van der Waals surface area contributed by atoms with Gasteiger partial charge < -0.3 is 10.6 Å². The molecule has 1 saturated heterocycles. The number of nitrogens with two attached hydrogens (primary N) is 1. The minimum atomic E-state index is 0.590. The van der Waals surface area contributed by atoms with Crippen molar-refractivity contribution in [1.29, 1.82) is 0 Å². The number of aryl methyl sites for hydroxylation is 1. The van der Waals surface area contributed by atoms with Crippen LogP contribution in [0.25, 0.3) is 0 Å². The minimum Gasteiger partial charge on any atom is -0.363 e. The SMILES string of the molecule is CCc1ccc(N2CC2CN)cc1. The quantitative estimate of drug-likeness (QED) is 0.705. The second-order valence-electron chi connectivity index (χ2n) is 3.56. The average Bonchev–Trinajstić information content (AvgIpc) is 2.97. The van der Waals surface area contributed by atoms with Crippen LogP contribution >= 0.6 is 0 Å². The molecular weight excluding hydrogens is 160 g/mol. The highest BCUT2D eigenvalue weighted by molar-refractivity contribution is 5.54. The lowest BCUT2D eigenvalue weighted by Gasteiger charge is -2.05. The van der Waals surface area contributed by atoms with Crippen molar-refractivity contribution in [2.75, 3.05) is 18.0 Å². The summed E-state index contributed by atoms with van der Waals surface area (Å²) in [4.78, 5) is 2.33. The maximum absolute atomic E-state index is 5.58. The summed E-state index contributed by atoms with van der Waals surface area (Å²) >= 11 is 0. The first kappa shape index (κ1) is 8.57. The van der Waals surface area contributed by atoms with Gasteiger partial charge in [-0.05, 0) is 24.1 Å². The summed E-state index contributed by atoms with van der Waals surface area (Å²) in [7, 11) is 0. The molecule has 1 aliphatic rings. The van der Waals surface area contributed by atoms with Crippen LogP contribution in [0.15, 0.2) is 24.3 Å². The van der Waals surface area contributed by atoms with E-state index in [1.165, 1.54) is 11.3 Å². The summed E-state index contributed by atoms with van der Waals surface area (Å²) in [6.45, 7) is 4.08. The predicted molar refractivity (Wildman–Crippen MR) is 56.0 cm³/mol. The Morgan fingerprint density at radius 1 is 1.38 bits per heavy atom. The van der Waals surface area contributed by atoms with E-state index in [1.54, 1.807) is 0 Å². The molecule has 0 aromatic heterocycles. The third kappa shape index (κ3) is 1.68. The molecule has 1 aromatic rings. The Balaban J connectivity index is 2.07. The number of hydrogen-bond acceptors (Lipinski definition) is 2. The molecule has 2 N–H and O–H groups in total. The normalized spacial score (nSPS) is 20.5. The molecule has 2 heteroatoms. The Bertz CT molecular complexity index is 279. The summed E-state index contributed by atoms with van der Waals surface area (Å²) in [5, 5.41) is 0. The molecule has 2 rings (SSSR count). The molecule has 0 amide bonds. The lowest BCUT2D eigenvalue weighted by molar-refractivity contribution is 0.967. The van der Waals surface area contributed by atoms with Crippen molar-refractivity contribution in [1.82, 2.24) is 0 Å². The number of rotatable bonds is 3. The van der Waals surface area contributed by atoms with Crippen LogP contribution in [-0.2, 0) is 6.42 Å². The van der Waals surface area contributed by atoms with Crippen molar-refractivity contribution in [2.45, 2.75) is 19.4 Å². The Labute approximate surface area is 79.4 Å². The summed E-state index contributed by atoms with van der Waals surface area (Å²) < 4.78 is 0. The fourth-order valence-corrected chi connectivity index (χ4v) is 1.62. The molecule has 0 saturated carbocycles. The number of hydrogen-bond donors (Lipinski definition) is 1. The summed E-state index contributed by atoms with van der Waals surface area (Å²) in [5.74, 6) is 0. The third-order valence-electron chi connectivity index (χ3n) is 2.66. The van der Waals surface area contributed by atoms with E-state index in [0.717, 1.165) is 19.5 Å². The van der Waals surface area contributed by atoms with E-state index >= 15 is 0 Å². The van der Waals surface area contributed by atoms with Gasteiger partial charge in [-0.1, -0.05) is 19.1 Å². The van der Waals surface area contributed by atoms with E-state index in [2.05, 4.69) is 36.1 Å². The number of anilines is 1. The van der Waals surface area contributed by atoms with E-state index in [0.29, 0.717) is 6.04 Å². The van der Waals surface area contributed by atoms with E-state index in [9.17, 15) is 0 Å². The lowest BCUT2D eigenvalue weighted by Crippen LogP contribution is -2.11. The van der Waals surface area contributed by atoms with Crippen LogP contribution in [0.5, 0.6) is 0 Å². The van der Waals surface area contributed by atoms with E-state index in [-0.39, 0.29) is 0 Å². The van der Waals surface area contributed by atoms with Gasteiger partial charge in [-0.15, -0.1) is 0 Å². The van der Waals surface area contributed by atoms with Gasteiger partial charge in [0, 0.05) is 18.8 Å². The van der Waals surface area contributed by atoms with Gasteiger partial charge in [-0.25, -0.2) is 0 Å². The highest BCUT2D eigenvalue weighted by atomic mass is 15.3. The van der Waals surface area contributed by atoms with Crippen LogP contribution in [0.4, 0.5) is 5.69 Å². The van der Waals surface area contributed by atoms with Crippen LogP contribution < -0.4 is 10.6 Å². The largest absolute Gasteiger partial charge is 0.363 e. The molecule has 0 bridgehead atoms. The molecule has 1 aliphatic heterocycles. The summed E-state index contributed by atoms with van der Waals surface area (Å²) in [6.07, 6.45) is 1.11. The molecule has 0 aliphatic carbocycles. The molecule has 0 spiro atoms. The average molecular weight is 176 g/mol. The topological polar surface area (TPSA) is 29.0 Å². The van der Waals surface area contributed by atoms with Gasteiger partial charge in [-0.3, -0.25) is 0 Å². The van der Waals surface area contributed by atoms with E-state index in [4.69, 9.17) is 5.73 Å². The van der Waals surface area contributed by atoms with E-state index < -0.39 is 0 Å². The van der Waals surface area contributed by atoms with Crippen LogP contribution in [0.2, 0.25) is 0 Å². The molecule has 1 fully saturated rings. The molecule has 13 heavy (non-hydrogen) atoms. The van der Waals surface area contributed by atoms with Crippen molar-refractivity contribution in [3.8, 4) is 0 Å². The molecule has 0 radical (unpaired) electrons. The van der Waals surface area contributed by atoms with Crippen LogP contribution in [0.1, 0.15) is 12.5 Å². The summed E-state index contributed by atoms with van der Waals surface area (Å²) in [5.41, 5.74) is 8.29. The van der Waals surface area contributed by atoms with Gasteiger partial charge in [0.1, 0.15) is 0 Å². The first-order valence-corrected chi connectivity index (χ1v) is 4.90. The molecular formula is C11H16N2. The number of nitrogens with zero attached hydrogens (tertiary/aromatic N) is 1.